The van der Waals surface area contributed by atoms with Gasteiger partial charge in [0, 0.05) is 55.4 Å². The van der Waals surface area contributed by atoms with E-state index in [0.29, 0.717) is 55.8 Å². The monoisotopic (exact) mass is 692 g/mol. The molecule has 0 N–H and O–H groups in total. The highest BCUT2D eigenvalue weighted by atomic mass is 35.5. The first-order valence-electron chi connectivity index (χ1n) is 17.9. The molecule has 2 spiro atoms. The highest BCUT2D eigenvalue weighted by Crippen LogP contribution is 2.65. The summed E-state index contributed by atoms with van der Waals surface area (Å²) in [5.74, 6) is -2.48. The molecule has 260 valence electrons. The summed E-state index contributed by atoms with van der Waals surface area (Å²) in [6.45, 7) is 7.68. The lowest BCUT2D eigenvalue weighted by Crippen LogP contribution is -2.59. The standard InChI is InChI=1S/C37H43ClF2N6O3/c1-34(2,3)49-33(48)43-13-10-36(11-14-43)26-8-5-22(27-18-28-30(31(38)42-27)45(21-41-28)23-6-7-23)15-29(26)46(32(36)47)25-16-24(17-25)44-12-4-9-35(20-44)19-37(35,39)40/h5,8,15,18,21,23-25H,4,6-7,9-14,16-17,19-20H2,1-3H3/t24-,25+,35?. The van der Waals surface area contributed by atoms with Crippen molar-refractivity contribution in [1.29, 1.82) is 0 Å². The van der Waals surface area contributed by atoms with Gasteiger partial charge < -0.3 is 19.1 Å². The van der Waals surface area contributed by atoms with E-state index < -0.39 is 22.4 Å². The summed E-state index contributed by atoms with van der Waals surface area (Å²) in [5, 5.41) is 0.415. The maximum atomic E-state index is 14.7. The fourth-order valence-electron chi connectivity index (χ4n) is 9.16. The molecular weight excluding hydrogens is 650 g/mol. The molecule has 3 aromatic rings. The largest absolute Gasteiger partial charge is 0.444 e. The minimum Gasteiger partial charge on any atom is -0.444 e. The van der Waals surface area contributed by atoms with Gasteiger partial charge in [-0.25, -0.2) is 23.5 Å². The van der Waals surface area contributed by atoms with Gasteiger partial charge in [0.05, 0.1) is 28.4 Å². The molecule has 3 aliphatic heterocycles. The van der Waals surface area contributed by atoms with Crippen LogP contribution in [0.3, 0.4) is 0 Å². The number of fused-ring (bicyclic) bond motifs is 3. The first-order chi connectivity index (χ1) is 23.3. The van der Waals surface area contributed by atoms with Gasteiger partial charge in [0.2, 0.25) is 5.91 Å². The van der Waals surface area contributed by atoms with Crippen LogP contribution in [-0.2, 0) is 14.9 Å². The summed E-state index contributed by atoms with van der Waals surface area (Å²) in [5.41, 5.74) is 2.86. The predicted molar refractivity (Wildman–Crippen MR) is 182 cm³/mol. The lowest BCUT2D eigenvalue weighted by Gasteiger charge is -2.49. The second kappa shape index (κ2) is 10.6. The van der Waals surface area contributed by atoms with Crippen LogP contribution in [0.1, 0.15) is 90.2 Å². The molecule has 1 aromatic carbocycles. The number of likely N-dealkylation sites (tertiary alicyclic amines) is 2. The topological polar surface area (TPSA) is 83.8 Å². The maximum Gasteiger partial charge on any atom is 0.410 e. The molecular formula is C37H43ClF2N6O3. The van der Waals surface area contributed by atoms with E-state index in [1.54, 1.807) is 4.90 Å². The second-order valence-electron chi connectivity index (χ2n) is 16.5. The van der Waals surface area contributed by atoms with Crippen LogP contribution in [-0.4, -0.2) is 86.1 Å². The highest BCUT2D eigenvalue weighted by molar-refractivity contribution is 6.34. The Morgan fingerprint density at radius 2 is 1.76 bits per heavy atom. The third-order valence-corrected chi connectivity index (χ3v) is 12.5. The number of aromatic nitrogens is 3. The van der Waals surface area contributed by atoms with Gasteiger partial charge in [-0.2, -0.15) is 0 Å². The van der Waals surface area contributed by atoms with Crippen molar-refractivity contribution >= 4 is 40.3 Å². The number of carbonyl (C=O) groups excluding carboxylic acids is 2. The van der Waals surface area contributed by atoms with Crippen molar-refractivity contribution in [2.45, 2.75) is 114 Å². The smallest absolute Gasteiger partial charge is 0.410 e. The molecule has 3 saturated carbocycles. The van der Waals surface area contributed by atoms with Gasteiger partial charge in [-0.15, -0.1) is 0 Å². The van der Waals surface area contributed by atoms with Crippen molar-refractivity contribution in [2.24, 2.45) is 5.41 Å². The van der Waals surface area contributed by atoms with Crippen molar-refractivity contribution in [1.82, 2.24) is 24.3 Å². The van der Waals surface area contributed by atoms with Crippen molar-refractivity contribution in [3.63, 3.8) is 0 Å². The third kappa shape index (κ3) is 5.00. The Morgan fingerprint density at radius 1 is 1.02 bits per heavy atom. The lowest BCUT2D eigenvalue weighted by molar-refractivity contribution is -0.126. The molecule has 9 nitrogen and oxygen atoms in total. The van der Waals surface area contributed by atoms with Crippen LogP contribution in [0.25, 0.3) is 22.3 Å². The van der Waals surface area contributed by atoms with E-state index in [2.05, 4.69) is 26.6 Å². The van der Waals surface area contributed by atoms with Gasteiger partial charge in [0.15, 0.2) is 5.15 Å². The fraction of sp³-hybridized carbons (Fsp3) is 0.622. The Bertz CT molecular complexity index is 1870. The number of benzene rings is 1. The van der Waals surface area contributed by atoms with Crippen LogP contribution in [0.5, 0.6) is 0 Å². The molecule has 2 amide bonds. The number of piperidine rings is 2. The van der Waals surface area contributed by atoms with E-state index in [9.17, 15) is 18.4 Å². The van der Waals surface area contributed by atoms with E-state index in [4.69, 9.17) is 21.3 Å². The summed E-state index contributed by atoms with van der Waals surface area (Å²) >= 11 is 6.78. The van der Waals surface area contributed by atoms with E-state index in [-0.39, 0.29) is 30.5 Å². The maximum absolute atomic E-state index is 14.7. The first-order valence-corrected chi connectivity index (χ1v) is 18.3. The zero-order valence-corrected chi connectivity index (χ0v) is 29.1. The molecule has 2 saturated heterocycles. The third-order valence-electron chi connectivity index (χ3n) is 12.2. The van der Waals surface area contributed by atoms with Crippen LogP contribution in [0.4, 0.5) is 19.3 Å². The number of amides is 2. The van der Waals surface area contributed by atoms with Crippen molar-refractivity contribution in [3.05, 3.63) is 41.3 Å². The average Bonchev–Trinajstić information content (AvgIpc) is 3.88. The van der Waals surface area contributed by atoms with E-state index in [1.165, 1.54) is 0 Å². The number of imidazole rings is 1. The molecule has 5 fully saturated rings. The molecule has 2 aromatic heterocycles. The number of anilines is 1. The van der Waals surface area contributed by atoms with Crippen LogP contribution in [0, 0.1) is 5.41 Å². The van der Waals surface area contributed by atoms with E-state index in [0.717, 1.165) is 66.5 Å². The number of nitrogens with zero attached hydrogens (tertiary/aromatic N) is 6. The van der Waals surface area contributed by atoms with E-state index >= 15 is 0 Å². The molecule has 0 bridgehead atoms. The summed E-state index contributed by atoms with van der Waals surface area (Å²) in [6.07, 6.45) is 7.62. The minimum atomic E-state index is -2.55. The van der Waals surface area contributed by atoms with Crippen molar-refractivity contribution < 1.29 is 23.1 Å². The number of ether oxygens (including phenoxy) is 1. The summed E-state index contributed by atoms with van der Waals surface area (Å²) < 4.78 is 36.4. The summed E-state index contributed by atoms with van der Waals surface area (Å²) in [7, 11) is 0. The molecule has 12 heteroatoms. The van der Waals surface area contributed by atoms with Gasteiger partial charge in [0.25, 0.3) is 5.92 Å². The number of rotatable bonds is 4. The Kier molecular flexibility index (Phi) is 6.85. The first kappa shape index (κ1) is 31.7. The second-order valence-corrected chi connectivity index (χ2v) is 16.9. The Hall–Kier alpha value is -3.31. The molecule has 5 heterocycles. The fourth-order valence-corrected chi connectivity index (χ4v) is 9.44. The van der Waals surface area contributed by atoms with E-state index in [1.807, 2.05) is 44.1 Å². The number of hydrogen-bond acceptors (Lipinski definition) is 6. The normalized spacial score (nSPS) is 29.1. The summed E-state index contributed by atoms with van der Waals surface area (Å²) in [4.78, 5) is 43.1. The molecule has 3 aliphatic carbocycles. The SMILES string of the molecule is CC(C)(C)OC(=O)N1CCC2(CC1)C(=O)N([C@H]1C[C@@H](N3CCCC4(C3)CC4(F)F)C1)c1cc(-c3cc4ncn(C5CC5)c4c(Cl)n3)ccc12. The number of pyridine rings is 1. The minimum absolute atomic E-state index is 0.000907. The van der Waals surface area contributed by atoms with Crippen molar-refractivity contribution in [2.75, 3.05) is 31.1 Å². The van der Waals surface area contributed by atoms with Gasteiger partial charge in [-0.3, -0.25) is 9.69 Å². The lowest BCUT2D eigenvalue weighted by atomic mass is 9.73. The van der Waals surface area contributed by atoms with Crippen LogP contribution < -0.4 is 4.90 Å². The molecule has 6 aliphatic rings. The highest BCUT2D eigenvalue weighted by Gasteiger charge is 2.71. The summed E-state index contributed by atoms with van der Waals surface area (Å²) in [6, 6.07) is 8.71. The molecule has 1 unspecified atom stereocenters. The molecule has 0 radical (unpaired) electrons. The average molecular weight is 693 g/mol. The van der Waals surface area contributed by atoms with Gasteiger partial charge >= 0.3 is 6.09 Å². The van der Waals surface area contributed by atoms with Crippen LogP contribution >= 0.6 is 11.6 Å². The van der Waals surface area contributed by atoms with Gasteiger partial charge in [0.1, 0.15) is 11.1 Å². The Balaban J connectivity index is 1.02. The number of carbonyl (C=O) groups is 2. The zero-order valence-electron chi connectivity index (χ0n) is 28.4. The number of alkyl halides is 2. The number of halogens is 3. The van der Waals surface area contributed by atoms with Gasteiger partial charge in [-0.05, 0) is 96.4 Å². The molecule has 9 rings (SSSR count). The molecule has 1 atom stereocenters. The van der Waals surface area contributed by atoms with Crippen molar-refractivity contribution in [3.8, 4) is 11.3 Å². The number of hydrogen-bond donors (Lipinski definition) is 0. The predicted octanol–water partition coefficient (Wildman–Crippen LogP) is 7.35. The van der Waals surface area contributed by atoms with Crippen LogP contribution in [0.15, 0.2) is 30.6 Å². The Morgan fingerprint density at radius 3 is 2.43 bits per heavy atom. The quantitative estimate of drug-likeness (QED) is 0.266. The zero-order chi connectivity index (χ0) is 34.1. The Labute approximate surface area is 289 Å². The van der Waals surface area contributed by atoms with Crippen LogP contribution in [0.2, 0.25) is 5.15 Å². The van der Waals surface area contributed by atoms with Gasteiger partial charge in [-0.1, -0.05) is 23.7 Å². The molecule has 49 heavy (non-hydrogen) atoms.